The highest BCUT2D eigenvalue weighted by atomic mass is 19.1. The van der Waals surface area contributed by atoms with E-state index in [1.165, 1.54) is 17.0 Å². The summed E-state index contributed by atoms with van der Waals surface area (Å²) in [6.45, 7) is -0.0294. The lowest BCUT2D eigenvalue weighted by molar-refractivity contribution is -0.137. The number of hydrogen-bond donors (Lipinski definition) is 1. The van der Waals surface area contributed by atoms with Crippen LogP contribution in [0.1, 0.15) is 50.0 Å². The van der Waals surface area contributed by atoms with E-state index in [2.05, 4.69) is 5.32 Å². The summed E-state index contributed by atoms with van der Waals surface area (Å²) < 4.78 is 13.3. The van der Waals surface area contributed by atoms with Crippen molar-refractivity contribution in [3.8, 4) is 0 Å². The Labute approximate surface area is 186 Å². The molecule has 3 amide bonds. The van der Waals surface area contributed by atoms with Crippen molar-refractivity contribution >= 4 is 29.1 Å². The Morgan fingerprint density at radius 1 is 0.938 bits per heavy atom. The van der Waals surface area contributed by atoms with E-state index in [1.54, 1.807) is 12.1 Å². The van der Waals surface area contributed by atoms with Gasteiger partial charge in [-0.15, -0.1) is 0 Å². The van der Waals surface area contributed by atoms with Crippen molar-refractivity contribution in [1.82, 2.24) is 4.90 Å². The highest BCUT2D eigenvalue weighted by Gasteiger charge is 2.43. The largest absolute Gasteiger partial charge is 0.337 e. The number of nitrogens with zero attached hydrogens (tertiary/aromatic N) is 2. The number of nitrogens with one attached hydrogen (secondary N) is 1. The van der Waals surface area contributed by atoms with Crippen molar-refractivity contribution in [2.75, 3.05) is 16.8 Å². The fourth-order valence-corrected chi connectivity index (χ4v) is 5.53. The van der Waals surface area contributed by atoms with Gasteiger partial charge in [-0.2, -0.15) is 0 Å². The summed E-state index contributed by atoms with van der Waals surface area (Å²) in [4.78, 5) is 41.4. The Hall–Kier alpha value is -3.22. The zero-order valence-corrected chi connectivity index (χ0v) is 17.8. The monoisotopic (exact) mass is 435 g/mol. The first-order valence-corrected chi connectivity index (χ1v) is 11.3. The minimum absolute atomic E-state index is 0.0122. The molecule has 0 spiro atoms. The van der Waals surface area contributed by atoms with Crippen LogP contribution in [0.5, 0.6) is 0 Å². The van der Waals surface area contributed by atoms with Gasteiger partial charge in [0.2, 0.25) is 17.7 Å². The number of piperidine rings is 1. The molecule has 3 aliphatic heterocycles. The topological polar surface area (TPSA) is 69.7 Å². The third-order valence-electron chi connectivity index (χ3n) is 6.99. The van der Waals surface area contributed by atoms with Gasteiger partial charge in [-0.3, -0.25) is 14.4 Å². The van der Waals surface area contributed by atoms with E-state index in [4.69, 9.17) is 0 Å². The number of fused-ring (bicyclic) bond motifs is 3. The molecule has 2 bridgehead atoms. The van der Waals surface area contributed by atoms with Gasteiger partial charge in [0.25, 0.3) is 0 Å². The molecule has 1 unspecified atom stereocenters. The van der Waals surface area contributed by atoms with Crippen LogP contribution in [0.25, 0.3) is 0 Å². The number of rotatable bonds is 4. The van der Waals surface area contributed by atoms with E-state index in [1.807, 2.05) is 29.2 Å². The second-order valence-electron chi connectivity index (χ2n) is 8.95. The predicted octanol–water partition coefficient (Wildman–Crippen LogP) is 3.83. The van der Waals surface area contributed by atoms with Crippen molar-refractivity contribution in [2.24, 2.45) is 0 Å². The highest BCUT2D eigenvalue weighted by molar-refractivity contribution is 6.10. The van der Waals surface area contributed by atoms with E-state index >= 15 is 0 Å². The molecular weight excluding hydrogens is 409 g/mol. The van der Waals surface area contributed by atoms with Crippen molar-refractivity contribution in [1.29, 1.82) is 0 Å². The first kappa shape index (κ1) is 20.7. The van der Waals surface area contributed by atoms with Gasteiger partial charge in [0.1, 0.15) is 12.4 Å². The number of carbonyl (C=O) groups excluding carboxylic acids is 3. The molecule has 1 N–H and O–H groups in total. The lowest BCUT2D eigenvalue weighted by Crippen LogP contribution is -2.47. The minimum Gasteiger partial charge on any atom is -0.337 e. The van der Waals surface area contributed by atoms with Gasteiger partial charge in [-0.05, 0) is 61.4 Å². The van der Waals surface area contributed by atoms with Crippen LogP contribution >= 0.6 is 0 Å². The maximum atomic E-state index is 13.3. The van der Waals surface area contributed by atoms with Gasteiger partial charge >= 0.3 is 0 Å². The Morgan fingerprint density at radius 2 is 1.59 bits per heavy atom. The molecule has 0 aromatic heterocycles. The van der Waals surface area contributed by atoms with Crippen LogP contribution in [0, 0.1) is 5.82 Å². The van der Waals surface area contributed by atoms with Gasteiger partial charge < -0.3 is 15.1 Å². The number of carbonyl (C=O) groups is 3. The molecule has 3 heterocycles. The van der Waals surface area contributed by atoms with Crippen molar-refractivity contribution in [3.05, 3.63) is 59.9 Å². The fourth-order valence-electron chi connectivity index (χ4n) is 5.53. The first-order valence-electron chi connectivity index (χ1n) is 11.3. The van der Waals surface area contributed by atoms with Crippen LogP contribution in [0.4, 0.5) is 15.8 Å². The molecule has 6 nitrogen and oxygen atoms in total. The van der Waals surface area contributed by atoms with Crippen LogP contribution in [0.15, 0.2) is 48.5 Å². The van der Waals surface area contributed by atoms with Gasteiger partial charge in [0, 0.05) is 24.9 Å². The molecule has 166 valence electrons. The molecule has 0 aliphatic carbocycles. The Kier molecular flexibility index (Phi) is 5.41. The minimum atomic E-state index is -0.234. The lowest BCUT2D eigenvalue weighted by atomic mass is 9.85. The van der Waals surface area contributed by atoms with Crippen LogP contribution in [-0.4, -0.2) is 41.2 Å². The average molecular weight is 435 g/mol. The van der Waals surface area contributed by atoms with Crippen molar-refractivity contribution < 1.29 is 18.8 Å². The van der Waals surface area contributed by atoms with Crippen LogP contribution in [0.2, 0.25) is 0 Å². The van der Waals surface area contributed by atoms with E-state index in [-0.39, 0.29) is 55.0 Å². The summed E-state index contributed by atoms with van der Waals surface area (Å²) in [6, 6.07) is 14.2. The normalized spacial score (nSPS) is 24.2. The third kappa shape index (κ3) is 3.87. The Balaban J connectivity index is 1.21. The molecule has 3 atom stereocenters. The van der Waals surface area contributed by atoms with Crippen LogP contribution < -0.4 is 10.2 Å². The highest BCUT2D eigenvalue weighted by Crippen LogP contribution is 2.43. The maximum absolute atomic E-state index is 13.3. The Morgan fingerprint density at radius 3 is 2.31 bits per heavy atom. The standard InChI is InChI=1S/C25H26FN3O3/c26-18-7-5-16(6-8-18)17-13-19-9-10-20(14-17)29(19)25(32)12-11-24(31)28-15-23(30)27-21-3-1-2-4-22(21)28/h1-8,17,19-20H,9-15H2,(H,27,30)/t17?,19-,20+. The smallest absolute Gasteiger partial charge is 0.244 e. The molecule has 5 rings (SSSR count). The average Bonchev–Trinajstić information content (AvgIpc) is 3.06. The predicted molar refractivity (Wildman–Crippen MR) is 119 cm³/mol. The van der Waals surface area contributed by atoms with Gasteiger partial charge in [-0.1, -0.05) is 24.3 Å². The fraction of sp³-hybridized carbons (Fsp3) is 0.400. The number of para-hydroxylation sites is 2. The molecule has 32 heavy (non-hydrogen) atoms. The number of halogens is 1. The number of anilines is 2. The van der Waals surface area contributed by atoms with Crippen LogP contribution in [-0.2, 0) is 14.4 Å². The quantitative estimate of drug-likeness (QED) is 0.794. The molecule has 0 radical (unpaired) electrons. The zero-order valence-electron chi connectivity index (χ0n) is 17.8. The summed E-state index contributed by atoms with van der Waals surface area (Å²) in [5.41, 5.74) is 2.42. The number of amides is 3. The molecule has 0 saturated carbocycles. The Bertz CT molecular complexity index is 1040. The summed E-state index contributed by atoms with van der Waals surface area (Å²) >= 11 is 0. The number of hydrogen-bond acceptors (Lipinski definition) is 3. The molecule has 3 aliphatic rings. The second-order valence-corrected chi connectivity index (χ2v) is 8.95. The van der Waals surface area contributed by atoms with Crippen LogP contribution in [0.3, 0.4) is 0 Å². The molecule has 2 aromatic carbocycles. The van der Waals surface area contributed by atoms with Gasteiger partial charge in [0.05, 0.1) is 11.4 Å². The molecule has 2 aromatic rings. The van der Waals surface area contributed by atoms with Crippen molar-refractivity contribution in [2.45, 2.75) is 56.5 Å². The van der Waals surface area contributed by atoms with E-state index in [0.717, 1.165) is 31.2 Å². The van der Waals surface area contributed by atoms with E-state index in [9.17, 15) is 18.8 Å². The summed E-state index contributed by atoms with van der Waals surface area (Å²) in [5.74, 6) is -0.332. The SMILES string of the molecule is O=C1CN(C(=O)CCC(=O)N2[C@@H]3CC[C@H]2CC(c2ccc(F)cc2)C3)c2ccccc2N1. The summed E-state index contributed by atoms with van der Waals surface area (Å²) in [6.07, 6.45) is 3.93. The number of benzene rings is 2. The lowest BCUT2D eigenvalue weighted by Gasteiger charge is -2.39. The molecule has 2 fully saturated rings. The third-order valence-corrected chi connectivity index (χ3v) is 6.99. The van der Waals surface area contributed by atoms with Gasteiger partial charge in [-0.25, -0.2) is 4.39 Å². The van der Waals surface area contributed by atoms with Crippen molar-refractivity contribution in [3.63, 3.8) is 0 Å². The zero-order chi connectivity index (χ0) is 22.2. The van der Waals surface area contributed by atoms with E-state index in [0.29, 0.717) is 17.3 Å². The summed E-state index contributed by atoms with van der Waals surface area (Å²) in [7, 11) is 0. The molecular formula is C25H26FN3O3. The van der Waals surface area contributed by atoms with E-state index < -0.39 is 0 Å². The van der Waals surface area contributed by atoms with Gasteiger partial charge in [0.15, 0.2) is 0 Å². The maximum Gasteiger partial charge on any atom is 0.244 e. The molecule has 7 heteroatoms. The summed E-state index contributed by atoms with van der Waals surface area (Å²) in [5, 5.41) is 2.77. The second kappa shape index (κ2) is 8.37. The molecule has 2 saturated heterocycles. The first-order chi connectivity index (χ1) is 15.5.